The highest BCUT2D eigenvalue weighted by Crippen LogP contribution is 2.34. The van der Waals surface area contributed by atoms with E-state index < -0.39 is 0 Å². The van der Waals surface area contributed by atoms with Crippen molar-refractivity contribution in [3.8, 4) is 0 Å². The molecule has 0 aliphatic rings. The van der Waals surface area contributed by atoms with Gasteiger partial charge < -0.3 is 5.11 Å². The highest BCUT2D eigenvalue weighted by molar-refractivity contribution is 4.77. The lowest BCUT2D eigenvalue weighted by molar-refractivity contribution is 0.127. The van der Waals surface area contributed by atoms with Gasteiger partial charge in [-0.15, -0.1) is 0 Å². The smallest absolute Gasteiger partial charge is 0.0558 e. The van der Waals surface area contributed by atoms with Gasteiger partial charge in [0.15, 0.2) is 0 Å². The number of rotatable bonds is 9. The van der Waals surface area contributed by atoms with Crippen molar-refractivity contribution in [2.75, 3.05) is 19.7 Å². The van der Waals surface area contributed by atoms with E-state index >= 15 is 0 Å². The van der Waals surface area contributed by atoms with Crippen LogP contribution in [-0.4, -0.2) is 35.7 Å². The van der Waals surface area contributed by atoms with Crippen LogP contribution in [0.3, 0.4) is 0 Å². The zero-order valence-electron chi connectivity index (χ0n) is 11.9. The van der Waals surface area contributed by atoms with E-state index in [4.69, 9.17) is 5.11 Å². The van der Waals surface area contributed by atoms with E-state index in [0.29, 0.717) is 11.5 Å². The molecule has 0 aromatic heterocycles. The first-order valence-electron chi connectivity index (χ1n) is 6.90. The van der Waals surface area contributed by atoms with Crippen molar-refractivity contribution in [3.05, 3.63) is 0 Å². The lowest BCUT2D eigenvalue weighted by atomic mass is 9.77. The number of nitrogens with zero attached hydrogens (tertiary/aromatic N) is 1. The fourth-order valence-electron chi connectivity index (χ4n) is 2.42. The maximum absolute atomic E-state index is 9.04. The van der Waals surface area contributed by atoms with Crippen LogP contribution in [0.5, 0.6) is 0 Å². The van der Waals surface area contributed by atoms with Gasteiger partial charge in [0.1, 0.15) is 0 Å². The van der Waals surface area contributed by atoms with Crippen molar-refractivity contribution in [2.24, 2.45) is 5.41 Å². The molecule has 2 nitrogen and oxygen atoms in total. The molecule has 0 saturated heterocycles. The summed E-state index contributed by atoms with van der Waals surface area (Å²) in [6.07, 6.45) is 5.07. The van der Waals surface area contributed by atoms with Crippen molar-refractivity contribution in [2.45, 2.75) is 66.3 Å². The Labute approximate surface area is 102 Å². The van der Waals surface area contributed by atoms with Crippen LogP contribution < -0.4 is 0 Å². The molecule has 0 aromatic rings. The molecule has 0 rings (SSSR count). The molecule has 0 aromatic carbocycles. The summed E-state index contributed by atoms with van der Waals surface area (Å²) < 4.78 is 0. The quantitative estimate of drug-likeness (QED) is 0.656. The van der Waals surface area contributed by atoms with Crippen molar-refractivity contribution < 1.29 is 5.11 Å². The third-order valence-corrected chi connectivity index (χ3v) is 4.30. The molecule has 0 radical (unpaired) electrons. The lowest BCUT2D eigenvalue weighted by Crippen LogP contribution is -2.37. The van der Waals surface area contributed by atoms with Crippen LogP contribution >= 0.6 is 0 Å². The molecule has 2 heteroatoms. The van der Waals surface area contributed by atoms with Gasteiger partial charge in [-0.25, -0.2) is 0 Å². The van der Waals surface area contributed by atoms with Gasteiger partial charge in [-0.05, 0) is 32.2 Å². The predicted molar refractivity (Wildman–Crippen MR) is 71.7 cm³/mol. The van der Waals surface area contributed by atoms with Crippen LogP contribution in [0.1, 0.15) is 60.3 Å². The molecule has 0 amide bonds. The minimum absolute atomic E-state index is 0.273. The van der Waals surface area contributed by atoms with E-state index in [1.807, 2.05) is 0 Å². The van der Waals surface area contributed by atoms with Gasteiger partial charge in [0.25, 0.3) is 0 Å². The van der Waals surface area contributed by atoms with Crippen LogP contribution in [0.25, 0.3) is 0 Å². The molecule has 0 saturated carbocycles. The van der Waals surface area contributed by atoms with E-state index in [9.17, 15) is 0 Å². The van der Waals surface area contributed by atoms with E-state index in [-0.39, 0.29) is 6.61 Å². The van der Waals surface area contributed by atoms with Crippen LogP contribution in [0.4, 0.5) is 0 Å². The monoisotopic (exact) mass is 229 g/mol. The SMILES string of the molecule is CCC(CC)(CC)CCN(CCO)C(C)C. The first kappa shape index (κ1) is 15.9. The first-order valence-corrected chi connectivity index (χ1v) is 6.90. The van der Waals surface area contributed by atoms with Crippen molar-refractivity contribution in [3.63, 3.8) is 0 Å². The first-order chi connectivity index (χ1) is 7.55. The number of hydrogen-bond acceptors (Lipinski definition) is 2. The lowest BCUT2D eigenvalue weighted by Gasteiger charge is -2.34. The van der Waals surface area contributed by atoms with E-state index in [2.05, 4.69) is 39.5 Å². The van der Waals surface area contributed by atoms with Gasteiger partial charge >= 0.3 is 0 Å². The molecule has 16 heavy (non-hydrogen) atoms. The third-order valence-electron chi connectivity index (χ3n) is 4.30. The molecule has 0 spiro atoms. The Morgan fingerprint density at radius 2 is 1.50 bits per heavy atom. The number of hydrogen-bond donors (Lipinski definition) is 1. The average molecular weight is 229 g/mol. The summed E-state index contributed by atoms with van der Waals surface area (Å²) >= 11 is 0. The zero-order chi connectivity index (χ0) is 12.6. The Balaban J connectivity index is 4.25. The molecular formula is C14H31NO. The molecule has 0 unspecified atom stereocenters. The number of aliphatic hydroxyl groups excluding tert-OH is 1. The molecule has 0 fully saturated rings. The Hall–Kier alpha value is -0.0800. The Morgan fingerprint density at radius 3 is 1.81 bits per heavy atom. The second-order valence-corrected chi connectivity index (χ2v) is 5.16. The van der Waals surface area contributed by atoms with Gasteiger partial charge in [0.2, 0.25) is 0 Å². The summed E-state index contributed by atoms with van der Waals surface area (Å²) in [7, 11) is 0. The van der Waals surface area contributed by atoms with Gasteiger partial charge in [-0.2, -0.15) is 0 Å². The summed E-state index contributed by atoms with van der Waals surface area (Å²) in [6.45, 7) is 13.5. The van der Waals surface area contributed by atoms with Crippen LogP contribution in [0.2, 0.25) is 0 Å². The molecule has 98 valence electrons. The Morgan fingerprint density at radius 1 is 1.00 bits per heavy atom. The highest BCUT2D eigenvalue weighted by Gasteiger charge is 2.24. The van der Waals surface area contributed by atoms with E-state index in [1.165, 1.54) is 25.7 Å². The van der Waals surface area contributed by atoms with Crippen molar-refractivity contribution in [1.29, 1.82) is 0 Å². The molecule has 0 atom stereocenters. The summed E-state index contributed by atoms with van der Waals surface area (Å²) in [6, 6.07) is 0.537. The fourth-order valence-corrected chi connectivity index (χ4v) is 2.42. The second-order valence-electron chi connectivity index (χ2n) is 5.16. The van der Waals surface area contributed by atoms with E-state index in [0.717, 1.165) is 13.1 Å². The summed E-state index contributed by atoms with van der Waals surface area (Å²) in [5.74, 6) is 0. The largest absolute Gasteiger partial charge is 0.395 e. The highest BCUT2D eigenvalue weighted by atomic mass is 16.3. The van der Waals surface area contributed by atoms with Gasteiger partial charge in [-0.3, -0.25) is 4.90 Å². The normalized spacial score (nSPS) is 12.8. The van der Waals surface area contributed by atoms with Crippen molar-refractivity contribution in [1.82, 2.24) is 4.90 Å². The summed E-state index contributed by atoms with van der Waals surface area (Å²) in [5, 5.41) is 9.04. The Kier molecular flexibility index (Phi) is 8.04. The predicted octanol–water partition coefficient (Wildman–Crippen LogP) is 3.30. The third kappa shape index (κ3) is 4.84. The minimum Gasteiger partial charge on any atom is -0.395 e. The van der Waals surface area contributed by atoms with Crippen LogP contribution in [-0.2, 0) is 0 Å². The van der Waals surface area contributed by atoms with Gasteiger partial charge in [0.05, 0.1) is 6.61 Å². The van der Waals surface area contributed by atoms with Gasteiger partial charge in [-0.1, -0.05) is 40.0 Å². The molecule has 1 N–H and O–H groups in total. The summed E-state index contributed by atoms with van der Waals surface area (Å²) in [4.78, 5) is 2.38. The molecule has 0 bridgehead atoms. The minimum atomic E-state index is 0.273. The van der Waals surface area contributed by atoms with Crippen molar-refractivity contribution >= 4 is 0 Å². The van der Waals surface area contributed by atoms with Crippen LogP contribution in [0, 0.1) is 5.41 Å². The fraction of sp³-hybridized carbons (Fsp3) is 1.00. The van der Waals surface area contributed by atoms with E-state index in [1.54, 1.807) is 0 Å². The zero-order valence-corrected chi connectivity index (χ0v) is 11.9. The topological polar surface area (TPSA) is 23.5 Å². The van der Waals surface area contributed by atoms with Crippen LogP contribution in [0.15, 0.2) is 0 Å². The maximum Gasteiger partial charge on any atom is 0.0558 e. The molecule has 0 heterocycles. The second kappa shape index (κ2) is 8.08. The Bertz CT molecular complexity index is 156. The molecular weight excluding hydrogens is 198 g/mol. The standard InChI is InChI=1S/C14H31NO/c1-6-14(7-2,8-3)9-10-15(11-12-16)13(4)5/h13,16H,6-12H2,1-5H3. The molecule has 0 aliphatic heterocycles. The van der Waals surface area contributed by atoms with Gasteiger partial charge in [0, 0.05) is 12.6 Å². The number of aliphatic hydroxyl groups is 1. The maximum atomic E-state index is 9.04. The summed E-state index contributed by atoms with van der Waals surface area (Å²) in [5.41, 5.74) is 0.516. The molecule has 0 aliphatic carbocycles. The average Bonchev–Trinajstić information content (AvgIpc) is 2.29.